The molecule has 3 nitrogen and oxygen atoms in total. The molecule has 0 saturated carbocycles. The molecule has 0 unspecified atom stereocenters. The van der Waals surface area contributed by atoms with Crippen molar-refractivity contribution in [2.75, 3.05) is 12.4 Å². The summed E-state index contributed by atoms with van der Waals surface area (Å²) in [7, 11) is 1.60. The van der Waals surface area contributed by atoms with Gasteiger partial charge in [-0.1, -0.05) is 66.7 Å². The molecule has 0 aromatic heterocycles. The van der Waals surface area contributed by atoms with E-state index >= 15 is 0 Å². The highest BCUT2D eigenvalue weighted by Crippen LogP contribution is 2.30. The number of nitrogens with one attached hydrogen (secondary N) is 1. The van der Waals surface area contributed by atoms with E-state index in [1.54, 1.807) is 7.11 Å². The number of rotatable bonds is 5. The van der Waals surface area contributed by atoms with Crippen LogP contribution in [-0.4, -0.2) is 13.0 Å². The highest BCUT2D eigenvalue weighted by atomic mass is 16.5. The summed E-state index contributed by atoms with van der Waals surface area (Å²) >= 11 is 0. The van der Waals surface area contributed by atoms with E-state index in [2.05, 4.69) is 5.32 Å². The third kappa shape index (κ3) is 3.89. The first-order valence-electron chi connectivity index (χ1n) is 8.24. The fraction of sp³-hybridized carbons (Fsp3) is 0.136. The van der Waals surface area contributed by atoms with Gasteiger partial charge in [0.25, 0.3) is 0 Å². The summed E-state index contributed by atoms with van der Waals surface area (Å²) in [4.78, 5) is 13.1. The molecule has 0 fully saturated rings. The average Bonchev–Trinajstić information content (AvgIpc) is 2.64. The minimum Gasteiger partial charge on any atom is -0.495 e. The van der Waals surface area contributed by atoms with Crippen LogP contribution in [0.15, 0.2) is 78.9 Å². The van der Waals surface area contributed by atoms with Gasteiger partial charge in [0, 0.05) is 0 Å². The van der Waals surface area contributed by atoms with Crippen LogP contribution in [0.3, 0.4) is 0 Å². The van der Waals surface area contributed by atoms with Gasteiger partial charge in [-0.2, -0.15) is 0 Å². The monoisotopic (exact) mass is 331 g/mol. The molecule has 0 aliphatic rings. The molecular formula is C22H21NO2. The molecule has 0 atom stereocenters. The SMILES string of the molecule is COc1ccc(C)cc1NC(=O)C(c1ccccc1)c1ccccc1. The largest absolute Gasteiger partial charge is 0.495 e. The van der Waals surface area contributed by atoms with Crippen molar-refractivity contribution in [3.05, 3.63) is 95.6 Å². The maximum absolute atomic E-state index is 13.1. The normalized spacial score (nSPS) is 10.5. The van der Waals surface area contributed by atoms with E-state index < -0.39 is 0 Å². The molecule has 0 heterocycles. The van der Waals surface area contributed by atoms with Crippen LogP contribution in [0.25, 0.3) is 0 Å². The van der Waals surface area contributed by atoms with E-state index in [1.807, 2.05) is 85.8 Å². The van der Waals surface area contributed by atoms with Gasteiger partial charge in [-0.25, -0.2) is 0 Å². The first kappa shape index (κ1) is 16.8. The first-order chi connectivity index (χ1) is 12.2. The standard InChI is InChI=1S/C22H21NO2/c1-16-13-14-20(25-2)19(15-16)23-22(24)21(17-9-5-3-6-10-17)18-11-7-4-8-12-18/h3-15,21H,1-2H3,(H,23,24). The summed E-state index contributed by atoms with van der Waals surface area (Å²) in [5.41, 5.74) is 3.66. The number of aryl methyl sites for hydroxylation is 1. The van der Waals surface area contributed by atoms with E-state index in [4.69, 9.17) is 4.74 Å². The topological polar surface area (TPSA) is 38.3 Å². The van der Waals surface area contributed by atoms with Crippen molar-refractivity contribution in [2.24, 2.45) is 0 Å². The Labute approximate surface area is 148 Å². The fourth-order valence-electron chi connectivity index (χ4n) is 2.91. The number of benzene rings is 3. The van der Waals surface area contributed by atoms with Gasteiger partial charge < -0.3 is 10.1 Å². The van der Waals surface area contributed by atoms with Crippen molar-refractivity contribution in [2.45, 2.75) is 12.8 Å². The second-order valence-electron chi connectivity index (χ2n) is 5.95. The zero-order valence-electron chi connectivity index (χ0n) is 14.4. The minimum atomic E-state index is -0.382. The van der Waals surface area contributed by atoms with E-state index in [0.717, 1.165) is 16.7 Å². The van der Waals surface area contributed by atoms with Crippen molar-refractivity contribution in [3.8, 4) is 5.75 Å². The Hall–Kier alpha value is -3.07. The Bertz CT molecular complexity index is 805. The molecule has 1 amide bonds. The quantitative estimate of drug-likeness (QED) is 0.731. The Balaban J connectivity index is 1.97. The molecule has 0 radical (unpaired) electrons. The number of ether oxygens (including phenoxy) is 1. The number of carbonyl (C=O) groups excluding carboxylic acids is 1. The lowest BCUT2D eigenvalue weighted by Gasteiger charge is -2.19. The maximum atomic E-state index is 13.1. The zero-order chi connectivity index (χ0) is 17.6. The summed E-state index contributed by atoms with van der Waals surface area (Å²) in [5.74, 6) is 0.188. The second kappa shape index (κ2) is 7.67. The van der Waals surface area contributed by atoms with Crippen LogP contribution in [0.2, 0.25) is 0 Å². The van der Waals surface area contributed by atoms with Crippen LogP contribution < -0.4 is 10.1 Å². The van der Waals surface area contributed by atoms with E-state index in [1.165, 1.54) is 0 Å². The lowest BCUT2D eigenvalue weighted by molar-refractivity contribution is -0.116. The first-order valence-corrected chi connectivity index (χ1v) is 8.24. The Kier molecular flexibility index (Phi) is 5.14. The maximum Gasteiger partial charge on any atom is 0.236 e. The molecule has 0 spiro atoms. The molecule has 0 aliphatic heterocycles. The van der Waals surface area contributed by atoms with Gasteiger partial charge in [0.05, 0.1) is 18.7 Å². The zero-order valence-corrected chi connectivity index (χ0v) is 14.4. The fourth-order valence-corrected chi connectivity index (χ4v) is 2.91. The highest BCUT2D eigenvalue weighted by Gasteiger charge is 2.23. The van der Waals surface area contributed by atoms with Crippen LogP contribution >= 0.6 is 0 Å². The number of carbonyl (C=O) groups is 1. The van der Waals surface area contributed by atoms with Crippen molar-refractivity contribution >= 4 is 11.6 Å². The van der Waals surface area contributed by atoms with E-state index in [9.17, 15) is 4.79 Å². The van der Waals surface area contributed by atoms with E-state index in [0.29, 0.717) is 11.4 Å². The molecular weight excluding hydrogens is 310 g/mol. The second-order valence-corrected chi connectivity index (χ2v) is 5.95. The van der Waals surface area contributed by atoms with Crippen molar-refractivity contribution in [3.63, 3.8) is 0 Å². The molecule has 3 heteroatoms. The van der Waals surface area contributed by atoms with Crippen molar-refractivity contribution < 1.29 is 9.53 Å². The van der Waals surface area contributed by atoms with Crippen LogP contribution in [0.1, 0.15) is 22.6 Å². The van der Waals surface area contributed by atoms with Gasteiger partial charge in [-0.3, -0.25) is 4.79 Å². The predicted octanol–water partition coefficient (Wildman–Crippen LogP) is 4.77. The average molecular weight is 331 g/mol. The van der Waals surface area contributed by atoms with Gasteiger partial charge in [-0.15, -0.1) is 0 Å². The number of hydrogen-bond acceptors (Lipinski definition) is 2. The molecule has 1 N–H and O–H groups in total. The number of hydrogen-bond donors (Lipinski definition) is 1. The Morgan fingerprint density at radius 3 is 1.96 bits per heavy atom. The third-order valence-electron chi connectivity index (χ3n) is 4.14. The van der Waals surface area contributed by atoms with Gasteiger partial charge >= 0.3 is 0 Å². The van der Waals surface area contributed by atoms with Gasteiger partial charge in [0.15, 0.2) is 0 Å². The smallest absolute Gasteiger partial charge is 0.236 e. The lowest BCUT2D eigenvalue weighted by atomic mass is 9.90. The van der Waals surface area contributed by atoms with Crippen LogP contribution in [0.4, 0.5) is 5.69 Å². The molecule has 3 rings (SSSR count). The third-order valence-corrected chi connectivity index (χ3v) is 4.14. The molecule has 25 heavy (non-hydrogen) atoms. The summed E-state index contributed by atoms with van der Waals surface area (Å²) in [6.07, 6.45) is 0. The molecule has 0 saturated heterocycles. The molecule has 0 bridgehead atoms. The Morgan fingerprint density at radius 2 is 1.44 bits per heavy atom. The van der Waals surface area contributed by atoms with Crippen molar-refractivity contribution in [1.29, 1.82) is 0 Å². The number of amides is 1. The molecule has 3 aromatic rings. The number of methoxy groups -OCH3 is 1. The summed E-state index contributed by atoms with van der Waals surface area (Å²) in [5, 5.41) is 3.04. The number of anilines is 1. The molecule has 3 aromatic carbocycles. The van der Waals surface area contributed by atoms with Crippen molar-refractivity contribution in [1.82, 2.24) is 0 Å². The van der Waals surface area contributed by atoms with Crippen LogP contribution in [0, 0.1) is 6.92 Å². The Morgan fingerprint density at radius 1 is 0.880 bits per heavy atom. The summed E-state index contributed by atoms with van der Waals surface area (Å²) in [6, 6.07) is 25.4. The predicted molar refractivity (Wildman–Crippen MR) is 101 cm³/mol. The van der Waals surface area contributed by atoms with Crippen LogP contribution in [0.5, 0.6) is 5.75 Å². The van der Waals surface area contributed by atoms with Gasteiger partial charge in [0.1, 0.15) is 5.75 Å². The summed E-state index contributed by atoms with van der Waals surface area (Å²) < 4.78 is 5.38. The van der Waals surface area contributed by atoms with Gasteiger partial charge in [-0.05, 0) is 35.7 Å². The summed E-state index contributed by atoms with van der Waals surface area (Å²) in [6.45, 7) is 1.99. The van der Waals surface area contributed by atoms with Crippen LogP contribution in [-0.2, 0) is 4.79 Å². The minimum absolute atomic E-state index is 0.0821. The highest BCUT2D eigenvalue weighted by molar-refractivity contribution is 5.99. The van der Waals surface area contributed by atoms with E-state index in [-0.39, 0.29) is 11.8 Å². The lowest BCUT2D eigenvalue weighted by Crippen LogP contribution is -2.22. The molecule has 126 valence electrons. The molecule has 0 aliphatic carbocycles. The van der Waals surface area contributed by atoms with Gasteiger partial charge in [0.2, 0.25) is 5.91 Å².